The molecule has 1 aromatic carbocycles. The van der Waals surface area contributed by atoms with E-state index in [2.05, 4.69) is 22.3 Å². The molecule has 1 saturated carbocycles. The first-order valence-electron chi connectivity index (χ1n) is 11.4. The Bertz CT molecular complexity index is 736. The Morgan fingerprint density at radius 2 is 1.74 bits per heavy atom. The van der Waals surface area contributed by atoms with Crippen molar-refractivity contribution in [1.29, 1.82) is 0 Å². The van der Waals surface area contributed by atoms with Crippen LogP contribution in [0.25, 0.3) is 6.08 Å². The molecule has 0 radical (unpaired) electrons. The summed E-state index contributed by atoms with van der Waals surface area (Å²) >= 11 is 0. The molecule has 0 unspecified atom stereocenters. The van der Waals surface area contributed by atoms with E-state index >= 15 is 0 Å². The molecule has 170 valence electrons. The van der Waals surface area contributed by atoms with E-state index in [4.69, 9.17) is 5.21 Å². The lowest BCUT2D eigenvalue weighted by Gasteiger charge is -2.34. The summed E-state index contributed by atoms with van der Waals surface area (Å²) in [6.45, 7) is 3.72. The van der Waals surface area contributed by atoms with Crippen molar-refractivity contribution in [3.63, 3.8) is 0 Å². The van der Waals surface area contributed by atoms with Crippen LogP contribution in [-0.2, 0) is 16.1 Å². The normalized spacial score (nSPS) is 20.0. The first-order chi connectivity index (χ1) is 15.0. The van der Waals surface area contributed by atoms with Gasteiger partial charge in [0.25, 0.3) is 5.91 Å². The third kappa shape index (κ3) is 7.45. The van der Waals surface area contributed by atoms with Crippen molar-refractivity contribution in [1.82, 2.24) is 15.7 Å². The van der Waals surface area contributed by atoms with Gasteiger partial charge in [0.2, 0.25) is 0 Å². The van der Waals surface area contributed by atoms with Crippen LogP contribution in [0.1, 0.15) is 56.1 Å². The van der Waals surface area contributed by atoms with Crippen molar-refractivity contribution >= 4 is 18.0 Å². The van der Waals surface area contributed by atoms with E-state index in [1.807, 2.05) is 12.1 Å². The number of amides is 1. The second kappa shape index (κ2) is 12.0. The summed E-state index contributed by atoms with van der Waals surface area (Å²) in [6, 6.07) is 7.65. The molecule has 7 heteroatoms. The number of likely N-dealkylation sites (tertiary alicyclic amines) is 1. The Kier molecular flexibility index (Phi) is 9.06. The second-order valence-electron chi connectivity index (χ2n) is 8.89. The summed E-state index contributed by atoms with van der Waals surface area (Å²) in [5.41, 5.74) is 3.71. The van der Waals surface area contributed by atoms with Crippen molar-refractivity contribution in [2.45, 2.75) is 57.5 Å². The van der Waals surface area contributed by atoms with Crippen LogP contribution in [0.15, 0.2) is 30.3 Å². The molecule has 1 aliphatic heterocycles. The van der Waals surface area contributed by atoms with Crippen LogP contribution in [-0.4, -0.2) is 52.8 Å². The van der Waals surface area contributed by atoms with Gasteiger partial charge in [-0.2, -0.15) is 0 Å². The predicted octanol–water partition coefficient (Wildman–Crippen LogP) is 3.04. The number of aliphatic carboxylic acids is 1. The number of carboxylic acid groups (broad SMARTS) is 1. The number of carbonyl (C=O) groups excluding carboxylic acids is 1. The molecule has 0 spiro atoms. The lowest BCUT2D eigenvalue weighted by Crippen LogP contribution is -2.46. The zero-order valence-electron chi connectivity index (χ0n) is 18.1. The SMILES string of the molecule is O=C(C=Cc1ccc(CN2CCC(CN[C@H](C(=O)O)C3CCCCC3)CC2)cc1)NO. The highest BCUT2D eigenvalue weighted by molar-refractivity contribution is 5.90. The minimum absolute atomic E-state index is 0.280. The summed E-state index contributed by atoms with van der Waals surface area (Å²) < 4.78 is 0. The van der Waals surface area contributed by atoms with Crippen molar-refractivity contribution in [3.8, 4) is 0 Å². The standard InChI is InChI=1S/C24H35N3O4/c28-22(26-31)11-10-18-6-8-20(9-7-18)17-27-14-12-19(13-15-27)16-25-23(24(29)30)21-4-2-1-3-5-21/h6-11,19,21,23,25,31H,1-5,12-17H2,(H,26,28)(H,29,30)/t23-/m0/s1. The lowest BCUT2D eigenvalue weighted by atomic mass is 9.83. The summed E-state index contributed by atoms with van der Waals surface area (Å²) in [7, 11) is 0. The molecule has 1 heterocycles. The molecule has 7 nitrogen and oxygen atoms in total. The highest BCUT2D eigenvalue weighted by Gasteiger charge is 2.30. The van der Waals surface area contributed by atoms with Crippen LogP contribution in [0.4, 0.5) is 0 Å². The number of carbonyl (C=O) groups is 2. The number of rotatable bonds is 9. The van der Waals surface area contributed by atoms with Gasteiger partial charge < -0.3 is 10.4 Å². The predicted molar refractivity (Wildman–Crippen MR) is 119 cm³/mol. The van der Waals surface area contributed by atoms with E-state index < -0.39 is 17.9 Å². The zero-order chi connectivity index (χ0) is 22.1. The molecule has 1 amide bonds. The van der Waals surface area contributed by atoms with E-state index in [0.29, 0.717) is 5.92 Å². The lowest BCUT2D eigenvalue weighted by molar-refractivity contribution is -0.141. The van der Waals surface area contributed by atoms with E-state index in [0.717, 1.165) is 70.3 Å². The first kappa shape index (κ1) is 23.4. The smallest absolute Gasteiger partial charge is 0.320 e. The maximum Gasteiger partial charge on any atom is 0.320 e. The summed E-state index contributed by atoms with van der Waals surface area (Å²) in [6.07, 6.45) is 10.7. The van der Waals surface area contributed by atoms with Gasteiger partial charge in [0.15, 0.2) is 0 Å². The first-order valence-corrected chi connectivity index (χ1v) is 11.4. The fraction of sp³-hybridized carbons (Fsp3) is 0.583. The number of nitrogens with zero attached hydrogens (tertiary/aromatic N) is 1. The number of hydroxylamine groups is 1. The van der Waals surface area contributed by atoms with Gasteiger partial charge in [0.05, 0.1) is 0 Å². The molecule has 31 heavy (non-hydrogen) atoms. The minimum atomic E-state index is -0.695. The van der Waals surface area contributed by atoms with Gasteiger partial charge in [0, 0.05) is 12.6 Å². The number of hydrogen-bond donors (Lipinski definition) is 4. The zero-order valence-corrected chi connectivity index (χ0v) is 18.1. The van der Waals surface area contributed by atoms with Crippen LogP contribution in [0.3, 0.4) is 0 Å². The number of carboxylic acids is 1. The molecular weight excluding hydrogens is 394 g/mol. The topological polar surface area (TPSA) is 102 Å². The Balaban J connectivity index is 1.40. The van der Waals surface area contributed by atoms with E-state index in [-0.39, 0.29) is 5.92 Å². The van der Waals surface area contributed by atoms with Gasteiger partial charge >= 0.3 is 5.97 Å². The summed E-state index contributed by atoms with van der Waals surface area (Å²) in [5.74, 6) is -0.427. The summed E-state index contributed by atoms with van der Waals surface area (Å²) in [4.78, 5) is 25.2. The highest BCUT2D eigenvalue weighted by Crippen LogP contribution is 2.27. The molecule has 1 atom stereocenters. The van der Waals surface area contributed by atoms with Crippen LogP contribution in [0.5, 0.6) is 0 Å². The molecule has 2 aliphatic rings. The number of benzene rings is 1. The molecule has 4 N–H and O–H groups in total. The van der Waals surface area contributed by atoms with E-state index in [1.165, 1.54) is 18.1 Å². The van der Waals surface area contributed by atoms with Crippen molar-refractivity contribution in [3.05, 3.63) is 41.5 Å². The van der Waals surface area contributed by atoms with Crippen molar-refractivity contribution < 1.29 is 19.9 Å². The van der Waals surface area contributed by atoms with Crippen LogP contribution in [0, 0.1) is 11.8 Å². The minimum Gasteiger partial charge on any atom is -0.480 e. The van der Waals surface area contributed by atoms with Crippen LogP contribution >= 0.6 is 0 Å². The molecule has 0 bridgehead atoms. The molecule has 2 fully saturated rings. The van der Waals surface area contributed by atoms with Gasteiger partial charge in [-0.3, -0.25) is 19.7 Å². The number of hydrogen-bond acceptors (Lipinski definition) is 5. The number of nitrogens with one attached hydrogen (secondary N) is 2. The van der Waals surface area contributed by atoms with Gasteiger partial charge in [-0.25, -0.2) is 5.48 Å². The van der Waals surface area contributed by atoms with Gasteiger partial charge in [-0.1, -0.05) is 43.5 Å². The monoisotopic (exact) mass is 429 g/mol. The fourth-order valence-corrected chi connectivity index (χ4v) is 4.77. The molecule has 1 saturated heterocycles. The molecule has 1 aliphatic carbocycles. The van der Waals surface area contributed by atoms with Gasteiger partial charge in [-0.15, -0.1) is 0 Å². The van der Waals surface area contributed by atoms with Gasteiger partial charge in [0.1, 0.15) is 6.04 Å². The second-order valence-corrected chi connectivity index (χ2v) is 8.89. The van der Waals surface area contributed by atoms with Crippen molar-refractivity contribution in [2.75, 3.05) is 19.6 Å². The molecular formula is C24H35N3O4. The molecule has 3 rings (SSSR count). The Morgan fingerprint density at radius 1 is 1.06 bits per heavy atom. The van der Waals surface area contributed by atoms with Crippen LogP contribution < -0.4 is 10.8 Å². The Labute approximate surface area is 184 Å². The average molecular weight is 430 g/mol. The Morgan fingerprint density at radius 3 is 2.35 bits per heavy atom. The molecule has 1 aromatic rings. The van der Waals surface area contributed by atoms with E-state index in [1.54, 1.807) is 11.6 Å². The Hall–Kier alpha value is -2.22. The third-order valence-corrected chi connectivity index (χ3v) is 6.64. The third-order valence-electron chi connectivity index (χ3n) is 6.64. The van der Waals surface area contributed by atoms with E-state index in [9.17, 15) is 14.7 Å². The molecule has 0 aromatic heterocycles. The fourth-order valence-electron chi connectivity index (χ4n) is 4.77. The highest BCUT2D eigenvalue weighted by atomic mass is 16.5. The van der Waals surface area contributed by atoms with Gasteiger partial charge in [-0.05, 0) is 74.4 Å². The maximum absolute atomic E-state index is 11.7. The number of piperidine rings is 1. The van der Waals surface area contributed by atoms with Crippen LogP contribution in [0.2, 0.25) is 0 Å². The largest absolute Gasteiger partial charge is 0.480 e. The average Bonchev–Trinajstić information content (AvgIpc) is 2.80. The maximum atomic E-state index is 11.7. The summed E-state index contributed by atoms with van der Waals surface area (Å²) in [5, 5.41) is 21.5. The van der Waals surface area contributed by atoms with Crippen molar-refractivity contribution in [2.24, 2.45) is 11.8 Å². The quantitative estimate of drug-likeness (QED) is 0.273.